The maximum atomic E-state index is 11.4. The smallest absolute Gasteiger partial charge is 0.222 e. The summed E-state index contributed by atoms with van der Waals surface area (Å²) in [5, 5.41) is 3.98. The van der Waals surface area contributed by atoms with Gasteiger partial charge in [0.05, 0.1) is 5.92 Å². The molecule has 0 aliphatic carbocycles. The number of hydrogen-bond donors (Lipinski definition) is 2. The second-order valence-electron chi connectivity index (χ2n) is 5.04. The van der Waals surface area contributed by atoms with Gasteiger partial charge < -0.3 is 11.1 Å². The van der Waals surface area contributed by atoms with Crippen molar-refractivity contribution in [2.75, 3.05) is 13.1 Å². The highest BCUT2D eigenvalue weighted by molar-refractivity contribution is 6.30. The van der Waals surface area contributed by atoms with Gasteiger partial charge in [0.25, 0.3) is 0 Å². The van der Waals surface area contributed by atoms with E-state index in [1.807, 2.05) is 24.3 Å². The molecule has 0 bridgehead atoms. The van der Waals surface area contributed by atoms with Crippen molar-refractivity contribution < 1.29 is 4.79 Å². The Bertz CT molecular complexity index is 418. The van der Waals surface area contributed by atoms with Crippen molar-refractivity contribution in [2.24, 2.45) is 17.1 Å². The van der Waals surface area contributed by atoms with E-state index in [1.54, 1.807) is 0 Å². The van der Waals surface area contributed by atoms with E-state index < -0.39 is 0 Å². The van der Waals surface area contributed by atoms with Gasteiger partial charge in [-0.15, -0.1) is 0 Å². The van der Waals surface area contributed by atoms with Crippen molar-refractivity contribution in [3.05, 3.63) is 34.9 Å². The van der Waals surface area contributed by atoms with Crippen LogP contribution in [0, 0.1) is 11.3 Å². The molecule has 3 nitrogen and oxygen atoms in total. The summed E-state index contributed by atoms with van der Waals surface area (Å²) in [5.41, 5.74) is 6.54. The van der Waals surface area contributed by atoms with Crippen LogP contribution in [0.15, 0.2) is 24.3 Å². The summed E-state index contributed by atoms with van der Waals surface area (Å²) < 4.78 is 0. The number of halogens is 1. The molecule has 2 rings (SSSR count). The lowest BCUT2D eigenvalue weighted by molar-refractivity contribution is -0.123. The number of nitrogens with two attached hydrogens (primary N) is 1. The molecule has 1 heterocycles. The number of carbonyl (C=O) groups excluding carboxylic acids is 1. The van der Waals surface area contributed by atoms with Crippen LogP contribution in [-0.2, 0) is 11.2 Å². The summed E-state index contributed by atoms with van der Waals surface area (Å²) in [4.78, 5) is 11.4. The molecular formula is C13H17ClN2O. The van der Waals surface area contributed by atoms with Gasteiger partial charge in [-0.3, -0.25) is 4.79 Å². The van der Waals surface area contributed by atoms with Crippen LogP contribution in [0.1, 0.15) is 12.5 Å². The first-order valence-electron chi connectivity index (χ1n) is 5.76. The molecule has 1 aliphatic rings. The third kappa shape index (κ3) is 2.61. The van der Waals surface area contributed by atoms with E-state index in [9.17, 15) is 4.79 Å². The molecule has 1 aliphatic heterocycles. The molecule has 3 N–H and O–H groups in total. The van der Waals surface area contributed by atoms with E-state index in [1.165, 1.54) is 5.56 Å². The highest BCUT2D eigenvalue weighted by atomic mass is 35.5. The van der Waals surface area contributed by atoms with Gasteiger partial charge in [0.2, 0.25) is 5.91 Å². The summed E-state index contributed by atoms with van der Waals surface area (Å²) in [6, 6.07) is 7.76. The number of rotatable bonds is 3. The second-order valence-corrected chi connectivity index (χ2v) is 5.48. The molecule has 1 saturated heterocycles. The van der Waals surface area contributed by atoms with Gasteiger partial charge in [0, 0.05) is 18.1 Å². The minimum Gasteiger partial charge on any atom is -0.369 e. The predicted molar refractivity (Wildman–Crippen MR) is 68.8 cm³/mol. The topological polar surface area (TPSA) is 55.1 Å². The third-order valence-electron chi connectivity index (χ3n) is 3.58. The summed E-state index contributed by atoms with van der Waals surface area (Å²) in [6.45, 7) is 3.61. The van der Waals surface area contributed by atoms with E-state index in [0.717, 1.165) is 18.0 Å². The molecule has 2 atom stereocenters. The van der Waals surface area contributed by atoms with E-state index >= 15 is 0 Å². The first-order chi connectivity index (χ1) is 8.01. The van der Waals surface area contributed by atoms with Gasteiger partial charge in [-0.05, 0) is 29.5 Å². The Morgan fingerprint density at radius 2 is 2.18 bits per heavy atom. The average Bonchev–Trinajstić information content (AvgIpc) is 2.64. The van der Waals surface area contributed by atoms with E-state index in [2.05, 4.69) is 12.2 Å². The lowest BCUT2D eigenvalue weighted by atomic mass is 9.75. The Labute approximate surface area is 106 Å². The number of amides is 1. The highest BCUT2D eigenvalue weighted by Crippen LogP contribution is 2.34. The monoisotopic (exact) mass is 252 g/mol. The normalized spacial score (nSPS) is 28.2. The van der Waals surface area contributed by atoms with Gasteiger partial charge in [-0.2, -0.15) is 0 Å². The van der Waals surface area contributed by atoms with Crippen LogP contribution in [0.2, 0.25) is 5.02 Å². The SMILES string of the molecule is CC1(Cc2ccc(Cl)cc2)CNCC1C(N)=O. The van der Waals surface area contributed by atoms with Crippen LogP contribution < -0.4 is 11.1 Å². The van der Waals surface area contributed by atoms with Crippen molar-refractivity contribution in [1.29, 1.82) is 0 Å². The quantitative estimate of drug-likeness (QED) is 0.859. The molecule has 0 spiro atoms. The molecule has 0 aromatic heterocycles. The maximum Gasteiger partial charge on any atom is 0.222 e. The Morgan fingerprint density at radius 1 is 1.53 bits per heavy atom. The summed E-state index contributed by atoms with van der Waals surface area (Å²) in [5.74, 6) is -0.315. The van der Waals surface area contributed by atoms with E-state index in [-0.39, 0.29) is 17.2 Å². The van der Waals surface area contributed by atoms with Gasteiger partial charge >= 0.3 is 0 Å². The van der Waals surface area contributed by atoms with Gasteiger partial charge in [0.1, 0.15) is 0 Å². The third-order valence-corrected chi connectivity index (χ3v) is 3.84. The van der Waals surface area contributed by atoms with Crippen LogP contribution in [0.25, 0.3) is 0 Å². The van der Waals surface area contributed by atoms with Crippen LogP contribution in [0.4, 0.5) is 0 Å². The molecule has 92 valence electrons. The molecule has 1 aromatic carbocycles. The fourth-order valence-corrected chi connectivity index (χ4v) is 2.70. The molecular weight excluding hydrogens is 236 g/mol. The zero-order chi connectivity index (χ0) is 12.5. The molecule has 0 radical (unpaired) electrons. The molecule has 0 saturated carbocycles. The summed E-state index contributed by atoms with van der Waals surface area (Å²) >= 11 is 5.86. The van der Waals surface area contributed by atoms with Crippen LogP contribution in [-0.4, -0.2) is 19.0 Å². The Balaban J connectivity index is 2.16. The van der Waals surface area contributed by atoms with Gasteiger partial charge in [-0.1, -0.05) is 30.7 Å². The lowest BCUT2D eigenvalue weighted by Crippen LogP contribution is -2.38. The number of nitrogens with one attached hydrogen (secondary N) is 1. The van der Waals surface area contributed by atoms with E-state index in [0.29, 0.717) is 6.54 Å². The predicted octanol–water partition coefficient (Wildman–Crippen LogP) is 1.59. The Kier molecular flexibility index (Phi) is 3.40. The molecule has 2 unspecified atom stereocenters. The van der Waals surface area contributed by atoms with Crippen molar-refractivity contribution >= 4 is 17.5 Å². The van der Waals surface area contributed by atoms with Crippen molar-refractivity contribution in [2.45, 2.75) is 13.3 Å². The fraction of sp³-hybridized carbons (Fsp3) is 0.462. The first-order valence-corrected chi connectivity index (χ1v) is 6.13. The Hall–Kier alpha value is -1.06. The molecule has 1 aromatic rings. The number of carbonyl (C=O) groups is 1. The van der Waals surface area contributed by atoms with Crippen molar-refractivity contribution in [1.82, 2.24) is 5.32 Å². The average molecular weight is 253 g/mol. The number of hydrogen-bond acceptors (Lipinski definition) is 2. The Morgan fingerprint density at radius 3 is 2.76 bits per heavy atom. The summed E-state index contributed by atoms with van der Waals surface area (Å²) in [6.07, 6.45) is 0.838. The van der Waals surface area contributed by atoms with Gasteiger partial charge in [0.15, 0.2) is 0 Å². The molecule has 4 heteroatoms. The van der Waals surface area contributed by atoms with Crippen molar-refractivity contribution in [3.63, 3.8) is 0 Å². The minimum atomic E-state index is -0.216. The maximum absolute atomic E-state index is 11.4. The molecule has 1 fully saturated rings. The van der Waals surface area contributed by atoms with Crippen LogP contribution in [0.5, 0.6) is 0 Å². The van der Waals surface area contributed by atoms with Crippen molar-refractivity contribution in [3.8, 4) is 0 Å². The first kappa shape index (κ1) is 12.4. The highest BCUT2D eigenvalue weighted by Gasteiger charge is 2.41. The van der Waals surface area contributed by atoms with Crippen LogP contribution >= 0.6 is 11.6 Å². The number of primary amides is 1. The lowest BCUT2D eigenvalue weighted by Gasteiger charge is -2.28. The van der Waals surface area contributed by atoms with Crippen LogP contribution in [0.3, 0.4) is 0 Å². The second kappa shape index (κ2) is 4.67. The standard InChI is InChI=1S/C13H17ClN2O/c1-13(8-16-7-11(13)12(15)17)6-9-2-4-10(14)5-3-9/h2-5,11,16H,6-8H2,1H3,(H2,15,17). The zero-order valence-corrected chi connectivity index (χ0v) is 10.6. The molecule has 1 amide bonds. The molecule has 17 heavy (non-hydrogen) atoms. The zero-order valence-electron chi connectivity index (χ0n) is 9.87. The largest absolute Gasteiger partial charge is 0.369 e. The summed E-state index contributed by atoms with van der Waals surface area (Å²) in [7, 11) is 0. The van der Waals surface area contributed by atoms with E-state index in [4.69, 9.17) is 17.3 Å². The minimum absolute atomic E-state index is 0.0976. The number of benzene rings is 1. The van der Waals surface area contributed by atoms with Gasteiger partial charge in [-0.25, -0.2) is 0 Å². The fourth-order valence-electron chi connectivity index (χ4n) is 2.57.